The van der Waals surface area contributed by atoms with Crippen LogP contribution in [-0.4, -0.2) is 53.1 Å². The van der Waals surface area contributed by atoms with Crippen molar-refractivity contribution in [2.75, 3.05) is 32.4 Å². The number of aromatic nitrogens is 1. The molecule has 1 fully saturated rings. The Morgan fingerprint density at radius 2 is 1.93 bits per heavy atom. The van der Waals surface area contributed by atoms with E-state index in [1.807, 2.05) is 24.3 Å². The summed E-state index contributed by atoms with van der Waals surface area (Å²) in [5, 5.41) is 1.09. The number of fused-ring (bicyclic) bond motifs is 1. The molecular formula is C21H23N3OS2. The molecule has 0 N–H and O–H groups in total. The minimum atomic E-state index is 0.139. The number of carbonyl (C=O) groups is 1. The third-order valence-corrected chi connectivity index (χ3v) is 7.03. The normalized spacial score (nSPS) is 18.1. The van der Waals surface area contributed by atoms with E-state index in [9.17, 15) is 4.79 Å². The number of thioether (sulfide) groups is 1. The predicted octanol–water partition coefficient (Wildman–Crippen LogP) is 4.04. The number of piperazine rings is 1. The third-order valence-electron chi connectivity index (χ3n) is 4.88. The fourth-order valence-corrected chi connectivity index (χ4v) is 5.40. The van der Waals surface area contributed by atoms with Gasteiger partial charge in [0.25, 0.3) is 0 Å². The van der Waals surface area contributed by atoms with Crippen molar-refractivity contribution < 1.29 is 4.79 Å². The summed E-state index contributed by atoms with van der Waals surface area (Å²) in [6, 6.07) is 18.7. The van der Waals surface area contributed by atoms with Crippen LogP contribution >= 0.6 is 23.1 Å². The number of rotatable bonds is 5. The molecule has 140 valence electrons. The highest BCUT2D eigenvalue weighted by Gasteiger charge is 2.29. The number of thiazole rings is 1. The highest BCUT2D eigenvalue weighted by Crippen LogP contribution is 2.27. The maximum Gasteiger partial charge on any atom is 0.233 e. The molecule has 1 aromatic heterocycles. The molecule has 0 unspecified atom stereocenters. The van der Waals surface area contributed by atoms with E-state index in [4.69, 9.17) is 0 Å². The lowest BCUT2D eigenvalue weighted by Gasteiger charge is -2.40. The Morgan fingerprint density at radius 1 is 1.15 bits per heavy atom. The average Bonchev–Trinajstić information content (AvgIpc) is 3.11. The molecule has 1 saturated heterocycles. The molecule has 4 nitrogen and oxygen atoms in total. The monoisotopic (exact) mass is 397 g/mol. The first-order chi connectivity index (χ1) is 13.2. The van der Waals surface area contributed by atoms with E-state index < -0.39 is 0 Å². The van der Waals surface area contributed by atoms with Crippen molar-refractivity contribution in [3.05, 3.63) is 65.2 Å². The Morgan fingerprint density at radius 3 is 2.74 bits per heavy atom. The molecule has 0 radical (unpaired) electrons. The summed E-state index contributed by atoms with van der Waals surface area (Å²) in [7, 11) is 2.12. The van der Waals surface area contributed by atoms with Crippen LogP contribution in [0.25, 0.3) is 10.2 Å². The molecule has 1 amide bonds. The molecule has 2 heterocycles. The number of hydrogen-bond donors (Lipinski definition) is 0. The van der Waals surface area contributed by atoms with Crippen molar-refractivity contribution in [2.45, 2.75) is 11.8 Å². The van der Waals surface area contributed by atoms with Gasteiger partial charge in [-0.2, -0.15) is 0 Å². The Balaban J connectivity index is 1.38. The number of hydrogen-bond acceptors (Lipinski definition) is 5. The van der Waals surface area contributed by atoms with Crippen LogP contribution in [0.15, 0.2) is 54.6 Å². The van der Waals surface area contributed by atoms with Gasteiger partial charge in [-0.25, -0.2) is 4.98 Å². The fraction of sp³-hybridized carbons (Fsp3) is 0.333. The van der Waals surface area contributed by atoms with Gasteiger partial charge in [-0.3, -0.25) is 4.79 Å². The molecule has 0 aliphatic carbocycles. The Bertz CT molecular complexity index is 879. The van der Waals surface area contributed by atoms with Crippen LogP contribution < -0.4 is 0 Å². The molecule has 1 aliphatic rings. The maximum absolute atomic E-state index is 12.9. The van der Waals surface area contributed by atoms with Crippen molar-refractivity contribution in [1.82, 2.24) is 14.8 Å². The van der Waals surface area contributed by atoms with Gasteiger partial charge in [0.05, 0.1) is 22.0 Å². The first-order valence-electron chi connectivity index (χ1n) is 9.16. The number of para-hydroxylation sites is 1. The van der Waals surface area contributed by atoms with Crippen LogP contribution in [0, 0.1) is 0 Å². The molecule has 6 heteroatoms. The zero-order chi connectivity index (χ0) is 18.6. The third kappa shape index (κ3) is 4.34. The predicted molar refractivity (Wildman–Crippen MR) is 114 cm³/mol. The summed E-state index contributed by atoms with van der Waals surface area (Å²) in [6.45, 7) is 2.60. The fourth-order valence-electron chi connectivity index (χ4n) is 3.47. The molecule has 0 spiro atoms. The lowest BCUT2D eigenvalue weighted by atomic mass is 10.0. The summed E-state index contributed by atoms with van der Waals surface area (Å²) in [6.07, 6.45) is 0. The Hall–Kier alpha value is -1.89. The van der Waals surface area contributed by atoms with Crippen LogP contribution in [-0.2, 0) is 10.5 Å². The topological polar surface area (TPSA) is 36.4 Å². The van der Waals surface area contributed by atoms with E-state index in [2.05, 4.69) is 52.2 Å². The second-order valence-electron chi connectivity index (χ2n) is 6.84. The number of carbonyl (C=O) groups excluding carboxylic acids is 1. The molecule has 1 aliphatic heterocycles. The average molecular weight is 398 g/mol. The molecule has 4 rings (SSSR count). The van der Waals surface area contributed by atoms with E-state index in [1.165, 1.54) is 10.3 Å². The van der Waals surface area contributed by atoms with Crippen LogP contribution in [0.1, 0.15) is 16.6 Å². The van der Waals surface area contributed by atoms with Crippen molar-refractivity contribution in [3.63, 3.8) is 0 Å². The molecule has 27 heavy (non-hydrogen) atoms. The van der Waals surface area contributed by atoms with Gasteiger partial charge in [-0.15, -0.1) is 23.1 Å². The number of benzene rings is 2. The SMILES string of the molecule is CN1CCN(C(=O)CSCc2nc3ccccc3s2)[C@H](c2ccccc2)C1. The molecule has 0 saturated carbocycles. The number of nitrogens with zero attached hydrogens (tertiary/aromatic N) is 3. The zero-order valence-corrected chi connectivity index (χ0v) is 17.0. The first kappa shape index (κ1) is 18.5. The molecule has 3 aromatic rings. The maximum atomic E-state index is 12.9. The van der Waals surface area contributed by atoms with Crippen LogP contribution in [0.4, 0.5) is 0 Å². The lowest BCUT2D eigenvalue weighted by molar-refractivity contribution is -0.133. The smallest absolute Gasteiger partial charge is 0.233 e. The van der Waals surface area contributed by atoms with Crippen LogP contribution in [0.2, 0.25) is 0 Å². The quantitative estimate of drug-likeness (QED) is 0.651. The Labute approximate surface area is 168 Å². The summed E-state index contributed by atoms with van der Waals surface area (Å²) in [5.74, 6) is 1.51. The van der Waals surface area contributed by atoms with E-state index >= 15 is 0 Å². The van der Waals surface area contributed by atoms with Gasteiger partial charge in [-0.05, 0) is 24.7 Å². The van der Waals surface area contributed by atoms with Gasteiger partial charge in [0, 0.05) is 25.4 Å². The van der Waals surface area contributed by atoms with E-state index in [-0.39, 0.29) is 11.9 Å². The van der Waals surface area contributed by atoms with Crippen LogP contribution in [0.3, 0.4) is 0 Å². The summed E-state index contributed by atoms with van der Waals surface area (Å²) < 4.78 is 1.21. The van der Waals surface area contributed by atoms with E-state index in [0.717, 1.165) is 35.9 Å². The number of likely N-dealkylation sites (N-methyl/N-ethyl adjacent to an activating group) is 1. The van der Waals surface area contributed by atoms with Gasteiger partial charge < -0.3 is 9.80 Å². The van der Waals surface area contributed by atoms with Gasteiger partial charge in [0.1, 0.15) is 5.01 Å². The first-order valence-corrected chi connectivity index (χ1v) is 11.1. The molecular weight excluding hydrogens is 374 g/mol. The van der Waals surface area contributed by atoms with Crippen molar-refractivity contribution >= 4 is 39.2 Å². The van der Waals surface area contributed by atoms with Crippen molar-refractivity contribution in [1.29, 1.82) is 0 Å². The molecule has 1 atom stereocenters. The summed E-state index contributed by atoms with van der Waals surface area (Å²) in [4.78, 5) is 21.9. The standard InChI is InChI=1S/C21H23N3OS2/c1-23-11-12-24(18(13-23)16-7-3-2-4-8-16)21(25)15-26-14-20-22-17-9-5-6-10-19(17)27-20/h2-10,18H,11-15H2,1H3/t18-/m0/s1. The highest BCUT2D eigenvalue weighted by molar-refractivity contribution is 7.99. The van der Waals surface area contributed by atoms with Crippen molar-refractivity contribution in [2.24, 2.45) is 0 Å². The highest BCUT2D eigenvalue weighted by atomic mass is 32.2. The van der Waals surface area contributed by atoms with Crippen molar-refractivity contribution in [3.8, 4) is 0 Å². The largest absolute Gasteiger partial charge is 0.332 e. The van der Waals surface area contributed by atoms with Gasteiger partial charge >= 0.3 is 0 Å². The zero-order valence-electron chi connectivity index (χ0n) is 15.4. The minimum absolute atomic E-state index is 0.139. The van der Waals surface area contributed by atoms with E-state index in [1.54, 1.807) is 23.1 Å². The Kier molecular flexibility index (Phi) is 5.76. The van der Waals surface area contributed by atoms with Crippen LogP contribution in [0.5, 0.6) is 0 Å². The van der Waals surface area contributed by atoms with Gasteiger partial charge in [0.2, 0.25) is 5.91 Å². The summed E-state index contributed by atoms with van der Waals surface area (Å²) in [5.41, 5.74) is 2.27. The summed E-state index contributed by atoms with van der Waals surface area (Å²) >= 11 is 3.38. The second-order valence-corrected chi connectivity index (χ2v) is 8.94. The van der Waals surface area contributed by atoms with Gasteiger partial charge in [-0.1, -0.05) is 42.5 Å². The molecule has 2 aromatic carbocycles. The lowest BCUT2D eigenvalue weighted by Crippen LogP contribution is -2.49. The minimum Gasteiger partial charge on any atom is -0.332 e. The molecule has 0 bridgehead atoms. The van der Waals surface area contributed by atoms with Gasteiger partial charge in [0.15, 0.2) is 0 Å². The van der Waals surface area contributed by atoms with E-state index in [0.29, 0.717) is 5.75 Å². The second kappa shape index (κ2) is 8.42. The number of amides is 1.